The third kappa shape index (κ3) is 6.94. The second kappa shape index (κ2) is 11.6. The van der Waals surface area contributed by atoms with Crippen LogP contribution < -0.4 is 4.74 Å². The Morgan fingerprint density at radius 3 is 2.31 bits per heavy atom. The van der Waals surface area contributed by atoms with E-state index < -0.39 is 18.1 Å². The monoisotopic (exact) mass is 537 g/mol. The number of fused-ring (bicyclic) bond motifs is 1. The van der Waals surface area contributed by atoms with Gasteiger partial charge in [-0.05, 0) is 43.2 Å². The molecular formula is C30H26F3NO5. The van der Waals surface area contributed by atoms with E-state index in [1.54, 1.807) is 19.1 Å². The third-order valence-corrected chi connectivity index (χ3v) is 6.14. The average molecular weight is 538 g/mol. The highest BCUT2D eigenvalue weighted by atomic mass is 19.4. The van der Waals surface area contributed by atoms with E-state index in [0.717, 1.165) is 16.7 Å². The van der Waals surface area contributed by atoms with Crippen molar-refractivity contribution in [2.45, 2.75) is 33.4 Å². The molecule has 1 aromatic heterocycles. The lowest BCUT2D eigenvalue weighted by molar-refractivity contribution is -0.274. The number of rotatable bonds is 10. The van der Waals surface area contributed by atoms with Gasteiger partial charge in [0.2, 0.25) is 0 Å². The summed E-state index contributed by atoms with van der Waals surface area (Å²) < 4.78 is 49.8. The zero-order chi connectivity index (χ0) is 28.2. The largest absolute Gasteiger partial charge is 0.573 e. The maximum absolute atomic E-state index is 13.5. The summed E-state index contributed by atoms with van der Waals surface area (Å²) in [4.78, 5) is 24.1. The summed E-state index contributed by atoms with van der Waals surface area (Å²) in [6.07, 6.45) is -1.08. The molecule has 4 aromatic rings. The number of aryl methyl sites for hydroxylation is 1. The molecule has 0 fully saturated rings. The third-order valence-electron chi connectivity index (χ3n) is 6.14. The summed E-state index contributed by atoms with van der Waals surface area (Å²) in [5.74, 6) is -1.71. The van der Waals surface area contributed by atoms with Gasteiger partial charge < -0.3 is 19.1 Å². The van der Waals surface area contributed by atoms with E-state index in [2.05, 4.69) is 4.74 Å². The molecule has 6 nitrogen and oxygen atoms in total. The second-order valence-electron chi connectivity index (χ2n) is 9.02. The fourth-order valence-corrected chi connectivity index (χ4v) is 4.30. The van der Waals surface area contributed by atoms with Crippen LogP contribution in [0.15, 0.2) is 72.8 Å². The van der Waals surface area contributed by atoms with Crippen LogP contribution in [0.1, 0.15) is 38.3 Å². The number of allylic oxidation sites excluding steroid dienone is 1. The van der Waals surface area contributed by atoms with E-state index in [4.69, 9.17) is 9.84 Å². The van der Waals surface area contributed by atoms with Crippen molar-refractivity contribution in [2.24, 2.45) is 0 Å². The van der Waals surface area contributed by atoms with Crippen LogP contribution in [-0.2, 0) is 22.7 Å². The molecule has 3 aromatic carbocycles. The van der Waals surface area contributed by atoms with Gasteiger partial charge in [0, 0.05) is 28.7 Å². The number of alkyl halides is 3. The Morgan fingerprint density at radius 1 is 0.974 bits per heavy atom. The van der Waals surface area contributed by atoms with Crippen molar-refractivity contribution in [1.82, 2.24) is 4.57 Å². The van der Waals surface area contributed by atoms with Gasteiger partial charge in [0.05, 0.1) is 12.2 Å². The van der Waals surface area contributed by atoms with E-state index in [1.807, 2.05) is 60.0 Å². The number of hydrogen-bond donors (Lipinski definition) is 1. The predicted molar refractivity (Wildman–Crippen MR) is 141 cm³/mol. The molecule has 0 unspecified atom stereocenters. The van der Waals surface area contributed by atoms with Crippen LogP contribution in [-0.4, -0.2) is 34.4 Å². The van der Waals surface area contributed by atoms with Crippen LogP contribution in [0.4, 0.5) is 13.2 Å². The molecule has 4 rings (SSSR count). The van der Waals surface area contributed by atoms with Gasteiger partial charge in [-0.3, -0.25) is 4.79 Å². The standard InChI is InChI=1S/C30H26F3NO5/c1-19-5-11-23(12-6-19)29(37)28-20(2)34(26-14-13-24(16-25(26)28)39-30(31,32)33)15-3-4-21-7-9-22(10-8-21)17-38-18-27(35)36/h3-14,16H,15,17-18H2,1-2H3,(H,35,36)/b4-3+. The smallest absolute Gasteiger partial charge is 0.480 e. The number of ketones is 1. The van der Waals surface area contributed by atoms with Crippen molar-refractivity contribution in [3.63, 3.8) is 0 Å². The Morgan fingerprint density at radius 2 is 1.67 bits per heavy atom. The summed E-state index contributed by atoms with van der Waals surface area (Å²) in [6, 6.07) is 18.4. The van der Waals surface area contributed by atoms with Gasteiger partial charge in [0.25, 0.3) is 0 Å². The lowest BCUT2D eigenvalue weighted by Crippen LogP contribution is -2.17. The van der Waals surface area contributed by atoms with Crippen molar-refractivity contribution >= 4 is 28.7 Å². The molecule has 0 amide bonds. The topological polar surface area (TPSA) is 77.8 Å². The van der Waals surface area contributed by atoms with Gasteiger partial charge in [-0.1, -0.05) is 66.2 Å². The first-order chi connectivity index (χ1) is 18.5. The minimum Gasteiger partial charge on any atom is -0.480 e. The van der Waals surface area contributed by atoms with Gasteiger partial charge in [-0.2, -0.15) is 0 Å². The van der Waals surface area contributed by atoms with Crippen molar-refractivity contribution in [2.75, 3.05) is 6.61 Å². The highest BCUT2D eigenvalue weighted by Crippen LogP contribution is 2.33. The predicted octanol–water partition coefficient (Wildman–Crippen LogP) is 6.70. The molecule has 1 heterocycles. The number of hydrogen-bond acceptors (Lipinski definition) is 4. The van der Waals surface area contributed by atoms with Gasteiger partial charge >= 0.3 is 12.3 Å². The molecule has 0 spiro atoms. The van der Waals surface area contributed by atoms with Gasteiger partial charge in [-0.15, -0.1) is 13.2 Å². The van der Waals surface area contributed by atoms with Crippen LogP contribution in [0.2, 0.25) is 0 Å². The van der Waals surface area contributed by atoms with Gasteiger partial charge in [0.1, 0.15) is 12.4 Å². The zero-order valence-corrected chi connectivity index (χ0v) is 21.3. The lowest BCUT2D eigenvalue weighted by atomic mass is 9.99. The molecule has 0 saturated heterocycles. The molecule has 202 valence electrons. The van der Waals surface area contributed by atoms with E-state index in [-0.39, 0.29) is 19.0 Å². The fourth-order valence-electron chi connectivity index (χ4n) is 4.30. The van der Waals surface area contributed by atoms with Crippen LogP contribution in [0.3, 0.4) is 0 Å². The van der Waals surface area contributed by atoms with E-state index in [1.165, 1.54) is 18.2 Å². The Hall–Kier alpha value is -4.37. The molecular weight excluding hydrogens is 511 g/mol. The number of carboxylic acid groups (broad SMARTS) is 1. The number of halogens is 3. The first kappa shape index (κ1) is 27.7. The summed E-state index contributed by atoms with van der Waals surface area (Å²) in [6.45, 7) is 3.85. The van der Waals surface area contributed by atoms with E-state index >= 15 is 0 Å². The highest BCUT2D eigenvalue weighted by Gasteiger charge is 2.31. The van der Waals surface area contributed by atoms with Crippen molar-refractivity contribution in [3.05, 3.63) is 106 Å². The fraction of sp³-hybridized carbons (Fsp3) is 0.200. The summed E-state index contributed by atoms with van der Waals surface area (Å²) in [5, 5.41) is 9.04. The van der Waals surface area contributed by atoms with Crippen molar-refractivity contribution in [1.29, 1.82) is 0 Å². The number of carbonyl (C=O) groups is 2. The Bertz CT molecular complexity index is 1520. The average Bonchev–Trinajstić information content (AvgIpc) is 3.14. The molecule has 0 atom stereocenters. The van der Waals surface area contributed by atoms with Crippen LogP contribution in [0.25, 0.3) is 17.0 Å². The molecule has 0 bridgehead atoms. The minimum absolute atomic E-state index is 0.183. The molecule has 9 heteroatoms. The SMILES string of the molecule is Cc1ccc(C(=O)c2c(C)n(C/C=C/c3ccc(COCC(=O)O)cc3)c3ccc(OC(F)(F)F)cc23)cc1. The maximum atomic E-state index is 13.5. The van der Waals surface area contributed by atoms with Gasteiger partial charge in [-0.25, -0.2) is 4.79 Å². The molecule has 0 saturated carbocycles. The normalized spacial score (nSPS) is 11.8. The van der Waals surface area contributed by atoms with Crippen LogP contribution >= 0.6 is 0 Å². The van der Waals surface area contributed by atoms with Crippen molar-refractivity contribution < 1.29 is 37.3 Å². The minimum atomic E-state index is -4.85. The quantitative estimate of drug-likeness (QED) is 0.228. The van der Waals surface area contributed by atoms with Gasteiger partial charge in [0.15, 0.2) is 5.78 Å². The Labute approximate surface area is 222 Å². The van der Waals surface area contributed by atoms with Crippen molar-refractivity contribution in [3.8, 4) is 5.75 Å². The first-order valence-corrected chi connectivity index (χ1v) is 12.1. The number of nitrogens with zero attached hydrogens (tertiary/aromatic N) is 1. The number of carboxylic acids is 1. The highest BCUT2D eigenvalue weighted by molar-refractivity contribution is 6.17. The number of benzene rings is 3. The first-order valence-electron chi connectivity index (χ1n) is 12.1. The number of ether oxygens (including phenoxy) is 2. The second-order valence-corrected chi connectivity index (χ2v) is 9.02. The Kier molecular flexibility index (Phi) is 8.21. The molecule has 0 aliphatic carbocycles. The maximum Gasteiger partial charge on any atom is 0.573 e. The lowest BCUT2D eigenvalue weighted by Gasteiger charge is -2.09. The van der Waals surface area contributed by atoms with Crippen LogP contribution in [0.5, 0.6) is 5.75 Å². The molecule has 39 heavy (non-hydrogen) atoms. The zero-order valence-electron chi connectivity index (χ0n) is 21.3. The molecule has 0 aliphatic heterocycles. The van der Waals surface area contributed by atoms with E-state index in [0.29, 0.717) is 34.3 Å². The van der Waals surface area contributed by atoms with E-state index in [9.17, 15) is 22.8 Å². The van der Waals surface area contributed by atoms with Crippen LogP contribution in [0, 0.1) is 13.8 Å². The number of aliphatic carboxylic acids is 1. The summed E-state index contributed by atoms with van der Waals surface area (Å²) >= 11 is 0. The Balaban J connectivity index is 1.63. The molecule has 1 N–H and O–H groups in total. The number of aromatic nitrogens is 1. The molecule has 0 aliphatic rings. The molecule has 0 radical (unpaired) electrons. The number of carbonyl (C=O) groups excluding carboxylic acids is 1. The summed E-state index contributed by atoms with van der Waals surface area (Å²) in [7, 11) is 0. The summed E-state index contributed by atoms with van der Waals surface area (Å²) in [5.41, 5.74) is 4.69.